The number of ether oxygens (including phenoxy) is 1. The fourth-order valence-electron chi connectivity index (χ4n) is 2.54. The van der Waals surface area contributed by atoms with E-state index in [1.165, 1.54) is 5.69 Å². The fraction of sp³-hybridized carbons (Fsp3) is 0.600. The van der Waals surface area contributed by atoms with Gasteiger partial charge in [0.1, 0.15) is 5.75 Å². The van der Waals surface area contributed by atoms with Crippen molar-refractivity contribution in [2.45, 2.75) is 26.8 Å². The predicted molar refractivity (Wildman–Crippen MR) is 76.5 cm³/mol. The Morgan fingerprint density at radius 1 is 1.33 bits per heavy atom. The molecule has 0 saturated carbocycles. The van der Waals surface area contributed by atoms with Crippen LogP contribution in [0, 0.1) is 5.92 Å². The van der Waals surface area contributed by atoms with E-state index in [2.05, 4.69) is 48.3 Å². The molecule has 1 aromatic carbocycles. The summed E-state index contributed by atoms with van der Waals surface area (Å²) in [5, 5.41) is 3.48. The summed E-state index contributed by atoms with van der Waals surface area (Å²) in [4.78, 5) is 2.51. The van der Waals surface area contributed by atoms with E-state index >= 15 is 0 Å². The average Bonchev–Trinajstić information content (AvgIpc) is 2.40. The van der Waals surface area contributed by atoms with Crippen LogP contribution in [0.25, 0.3) is 0 Å². The van der Waals surface area contributed by atoms with Gasteiger partial charge in [0.25, 0.3) is 0 Å². The second-order valence-electron chi connectivity index (χ2n) is 5.14. The molecule has 1 fully saturated rings. The molecule has 0 amide bonds. The third-order valence-electron chi connectivity index (χ3n) is 3.53. The van der Waals surface area contributed by atoms with Gasteiger partial charge in [-0.3, -0.25) is 0 Å². The minimum Gasteiger partial charge on any atom is -0.494 e. The lowest BCUT2D eigenvalue weighted by Crippen LogP contribution is -2.53. The van der Waals surface area contributed by atoms with Crippen LogP contribution in [0.5, 0.6) is 5.75 Å². The smallest absolute Gasteiger partial charge is 0.119 e. The van der Waals surface area contributed by atoms with Crippen molar-refractivity contribution >= 4 is 5.69 Å². The molecule has 1 unspecified atom stereocenters. The van der Waals surface area contributed by atoms with Crippen LogP contribution in [0.1, 0.15) is 20.8 Å². The molecule has 1 aliphatic rings. The lowest BCUT2D eigenvalue weighted by molar-refractivity contribution is 0.340. The number of benzene rings is 1. The van der Waals surface area contributed by atoms with Crippen molar-refractivity contribution in [1.82, 2.24) is 5.32 Å². The van der Waals surface area contributed by atoms with E-state index in [9.17, 15) is 0 Å². The second-order valence-corrected chi connectivity index (χ2v) is 5.14. The monoisotopic (exact) mass is 248 g/mol. The molecule has 0 spiro atoms. The molecule has 1 N–H and O–H groups in total. The van der Waals surface area contributed by atoms with Crippen LogP contribution in [-0.2, 0) is 0 Å². The van der Waals surface area contributed by atoms with Crippen LogP contribution < -0.4 is 15.0 Å². The third-order valence-corrected chi connectivity index (χ3v) is 3.53. The molecule has 1 atom stereocenters. The topological polar surface area (TPSA) is 24.5 Å². The van der Waals surface area contributed by atoms with Gasteiger partial charge in [0.15, 0.2) is 0 Å². The van der Waals surface area contributed by atoms with E-state index < -0.39 is 0 Å². The highest BCUT2D eigenvalue weighted by atomic mass is 16.5. The van der Waals surface area contributed by atoms with Gasteiger partial charge >= 0.3 is 0 Å². The number of piperazine rings is 1. The molecule has 1 aliphatic heterocycles. The number of rotatable bonds is 4. The fourth-order valence-corrected chi connectivity index (χ4v) is 2.54. The molecule has 1 saturated heterocycles. The van der Waals surface area contributed by atoms with Crippen LogP contribution in [0.4, 0.5) is 5.69 Å². The lowest BCUT2D eigenvalue weighted by Gasteiger charge is -2.40. The molecular weight excluding hydrogens is 224 g/mol. The average molecular weight is 248 g/mol. The third kappa shape index (κ3) is 2.96. The summed E-state index contributed by atoms with van der Waals surface area (Å²) in [5.74, 6) is 1.61. The van der Waals surface area contributed by atoms with Crippen LogP contribution in [0.3, 0.4) is 0 Å². The number of anilines is 1. The van der Waals surface area contributed by atoms with Crippen LogP contribution in [0.2, 0.25) is 0 Å². The second kappa shape index (κ2) is 6.10. The van der Waals surface area contributed by atoms with E-state index in [0.717, 1.165) is 32.0 Å². The van der Waals surface area contributed by atoms with Crippen LogP contribution >= 0.6 is 0 Å². The highest BCUT2D eigenvalue weighted by Crippen LogP contribution is 2.24. The molecule has 0 aliphatic carbocycles. The van der Waals surface area contributed by atoms with Crippen molar-refractivity contribution in [2.75, 3.05) is 31.1 Å². The predicted octanol–water partition coefficient (Wildman–Crippen LogP) is 2.52. The maximum Gasteiger partial charge on any atom is 0.119 e. The summed E-state index contributed by atoms with van der Waals surface area (Å²) >= 11 is 0. The Hall–Kier alpha value is -1.22. The summed E-state index contributed by atoms with van der Waals surface area (Å²) < 4.78 is 5.49. The van der Waals surface area contributed by atoms with Gasteiger partial charge in [0.05, 0.1) is 6.61 Å². The highest BCUT2D eigenvalue weighted by molar-refractivity contribution is 5.50. The molecule has 0 radical (unpaired) electrons. The number of nitrogens with one attached hydrogen (secondary N) is 1. The van der Waals surface area contributed by atoms with Crippen molar-refractivity contribution in [3.05, 3.63) is 24.3 Å². The SMILES string of the molecule is CCOc1ccc(N2CCNCC2C(C)C)cc1. The lowest BCUT2D eigenvalue weighted by atomic mass is 10.00. The van der Waals surface area contributed by atoms with Gasteiger partial charge in [-0.15, -0.1) is 0 Å². The van der Waals surface area contributed by atoms with Gasteiger partial charge < -0.3 is 15.0 Å². The van der Waals surface area contributed by atoms with E-state index in [4.69, 9.17) is 4.74 Å². The first-order valence-electron chi connectivity index (χ1n) is 6.92. The minimum absolute atomic E-state index is 0.580. The van der Waals surface area contributed by atoms with Crippen LogP contribution in [-0.4, -0.2) is 32.3 Å². The van der Waals surface area contributed by atoms with Gasteiger partial charge in [-0.05, 0) is 37.1 Å². The van der Waals surface area contributed by atoms with Crippen molar-refractivity contribution < 1.29 is 4.74 Å². The molecule has 2 rings (SSSR count). The van der Waals surface area contributed by atoms with Gasteiger partial charge in [-0.2, -0.15) is 0 Å². The van der Waals surface area contributed by atoms with Crippen molar-refractivity contribution in [3.8, 4) is 5.75 Å². The summed E-state index contributed by atoms with van der Waals surface area (Å²) in [6.07, 6.45) is 0. The quantitative estimate of drug-likeness (QED) is 0.886. The Morgan fingerprint density at radius 3 is 2.67 bits per heavy atom. The van der Waals surface area contributed by atoms with Gasteiger partial charge in [-0.1, -0.05) is 13.8 Å². The summed E-state index contributed by atoms with van der Waals surface area (Å²) in [6.45, 7) is 10.5. The zero-order valence-corrected chi connectivity index (χ0v) is 11.6. The van der Waals surface area contributed by atoms with Crippen LogP contribution in [0.15, 0.2) is 24.3 Å². The van der Waals surface area contributed by atoms with E-state index in [0.29, 0.717) is 12.0 Å². The molecule has 100 valence electrons. The molecule has 18 heavy (non-hydrogen) atoms. The molecule has 3 heteroatoms. The molecule has 1 heterocycles. The maximum atomic E-state index is 5.49. The van der Waals surface area contributed by atoms with E-state index in [-0.39, 0.29) is 0 Å². The largest absolute Gasteiger partial charge is 0.494 e. The summed E-state index contributed by atoms with van der Waals surface area (Å²) in [5.41, 5.74) is 1.30. The van der Waals surface area contributed by atoms with Gasteiger partial charge in [0.2, 0.25) is 0 Å². The minimum atomic E-state index is 0.580. The van der Waals surface area contributed by atoms with Crippen molar-refractivity contribution in [3.63, 3.8) is 0 Å². The Morgan fingerprint density at radius 2 is 2.06 bits per heavy atom. The molecule has 3 nitrogen and oxygen atoms in total. The Labute approximate surface area is 110 Å². The Kier molecular flexibility index (Phi) is 4.48. The number of hydrogen-bond donors (Lipinski definition) is 1. The number of nitrogens with zero attached hydrogens (tertiary/aromatic N) is 1. The van der Waals surface area contributed by atoms with Gasteiger partial charge in [0, 0.05) is 31.4 Å². The van der Waals surface area contributed by atoms with E-state index in [1.807, 2.05) is 6.92 Å². The molecule has 0 aromatic heterocycles. The van der Waals surface area contributed by atoms with Crippen molar-refractivity contribution in [2.24, 2.45) is 5.92 Å². The summed E-state index contributed by atoms with van der Waals surface area (Å²) in [7, 11) is 0. The highest BCUT2D eigenvalue weighted by Gasteiger charge is 2.24. The molecule has 1 aromatic rings. The van der Waals surface area contributed by atoms with E-state index in [1.54, 1.807) is 0 Å². The normalized spacial score (nSPS) is 20.2. The Bertz CT molecular complexity index is 361. The molecular formula is C15H24N2O. The van der Waals surface area contributed by atoms with Gasteiger partial charge in [-0.25, -0.2) is 0 Å². The zero-order chi connectivity index (χ0) is 13.0. The first-order chi connectivity index (χ1) is 8.72. The summed E-state index contributed by atoms with van der Waals surface area (Å²) in [6, 6.07) is 9.06. The Balaban J connectivity index is 2.12. The molecule has 0 bridgehead atoms. The first-order valence-corrected chi connectivity index (χ1v) is 6.92. The maximum absolute atomic E-state index is 5.49. The van der Waals surface area contributed by atoms with Crippen molar-refractivity contribution in [1.29, 1.82) is 0 Å². The zero-order valence-electron chi connectivity index (χ0n) is 11.6. The number of hydrogen-bond acceptors (Lipinski definition) is 3. The standard InChI is InChI=1S/C15H24N2O/c1-4-18-14-7-5-13(6-8-14)17-10-9-16-11-15(17)12(2)3/h5-8,12,15-16H,4,9-11H2,1-3H3. The first kappa shape index (κ1) is 13.2.